The van der Waals surface area contributed by atoms with Crippen LogP contribution in [0.2, 0.25) is 0 Å². The molecule has 1 aromatic heterocycles. The number of hydrogen-bond donors (Lipinski definition) is 0. The highest BCUT2D eigenvalue weighted by atomic mass is 32.1. The van der Waals surface area contributed by atoms with Gasteiger partial charge in [0.25, 0.3) is 5.91 Å². The Labute approximate surface area is 140 Å². The van der Waals surface area contributed by atoms with E-state index in [0.717, 1.165) is 37.4 Å². The Balaban J connectivity index is 1.66. The van der Waals surface area contributed by atoms with Gasteiger partial charge in [-0.3, -0.25) is 4.79 Å². The fraction of sp³-hybridized carbons (Fsp3) is 0.444. The molecule has 2 aliphatic heterocycles. The summed E-state index contributed by atoms with van der Waals surface area (Å²) in [6.07, 6.45) is 0.927. The maximum Gasteiger partial charge on any atom is 0.256 e. The standard InChI is InChI=1S/C18H20N2O2S/c1-12-16(11-23-19-12)18(21)20-9-14(13-5-3-2-4-6-13)15-10-22-8-7-17(15)20/h2-6,11,14-15,17H,7-10H2,1H3/t14-,15-,17-/m1/s1. The first-order valence-electron chi connectivity index (χ1n) is 8.10. The van der Waals surface area contributed by atoms with Crippen LogP contribution in [0.5, 0.6) is 0 Å². The largest absolute Gasteiger partial charge is 0.381 e. The van der Waals surface area contributed by atoms with Crippen molar-refractivity contribution in [2.45, 2.75) is 25.3 Å². The van der Waals surface area contributed by atoms with E-state index in [1.807, 2.05) is 18.4 Å². The third-order valence-electron chi connectivity index (χ3n) is 5.14. The van der Waals surface area contributed by atoms with Crippen LogP contribution in [0.4, 0.5) is 0 Å². The van der Waals surface area contributed by atoms with Crippen molar-refractivity contribution in [1.29, 1.82) is 0 Å². The minimum atomic E-state index is 0.131. The fourth-order valence-corrected chi connectivity index (χ4v) is 4.63. The molecule has 3 atom stereocenters. The predicted octanol–water partition coefficient (Wildman–Crippen LogP) is 3.10. The molecule has 23 heavy (non-hydrogen) atoms. The smallest absolute Gasteiger partial charge is 0.256 e. The molecule has 0 spiro atoms. The molecule has 3 heterocycles. The minimum absolute atomic E-state index is 0.131. The Bertz CT molecular complexity index is 700. The van der Waals surface area contributed by atoms with Gasteiger partial charge >= 0.3 is 0 Å². The second-order valence-corrected chi connectivity index (χ2v) is 7.01. The van der Waals surface area contributed by atoms with Gasteiger partial charge in [-0.15, -0.1) is 0 Å². The fourth-order valence-electron chi connectivity index (χ4n) is 3.94. The van der Waals surface area contributed by atoms with Crippen LogP contribution in [0.25, 0.3) is 0 Å². The number of hydrogen-bond acceptors (Lipinski definition) is 4. The van der Waals surface area contributed by atoms with Crippen LogP contribution in [-0.2, 0) is 4.74 Å². The highest BCUT2D eigenvalue weighted by Gasteiger charge is 2.46. The highest BCUT2D eigenvalue weighted by molar-refractivity contribution is 7.03. The Morgan fingerprint density at radius 3 is 2.91 bits per heavy atom. The lowest BCUT2D eigenvalue weighted by Crippen LogP contribution is -2.42. The number of amides is 1. The van der Waals surface area contributed by atoms with Gasteiger partial charge in [0.1, 0.15) is 0 Å². The summed E-state index contributed by atoms with van der Waals surface area (Å²) in [4.78, 5) is 15.1. The van der Waals surface area contributed by atoms with Crippen LogP contribution in [-0.4, -0.2) is 41.0 Å². The summed E-state index contributed by atoms with van der Waals surface area (Å²) in [7, 11) is 0. The Hall–Kier alpha value is -1.72. The summed E-state index contributed by atoms with van der Waals surface area (Å²) in [6.45, 7) is 4.18. The molecular weight excluding hydrogens is 308 g/mol. The molecule has 0 saturated carbocycles. The van der Waals surface area contributed by atoms with Gasteiger partial charge in [-0.05, 0) is 30.4 Å². The zero-order valence-corrected chi connectivity index (χ0v) is 14.0. The maximum atomic E-state index is 13.0. The van der Waals surface area contributed by atoms with Crippen LogP contribution in [0.15, 0.2) is 35.7 Å². The summed E-state index contributed by atoms with van der Waals surface area (Å²) in [5.41, 5.74) is 2.91. The molecule has 0 aliphatic carbocycles. The van der Waals surface area contributed by atoms with Gasteiger partial charge in [0.05, 0.1) is 17.9 Å². The van der Waals surface area contributed by atoms with E-state index in [4.69, 9.17) is 4.74 Å². The zero-order chi connectivity index (χ0) is 15.8. The van der Waals surface area contributed by atoms with Crippen molar-refractivity contribution in [3.63, 3.8) is 0 Å². The highest BCUT2D eigenvalue weighted by Crippen LogP contribution is 2.41. The summed E-state index contributed by atoms with van der Waals surface area (Å²) in [5, 5.41) is 1.88. The van der Waals surface area contributed by atoms with Crippen molar-refractivity contribution in [2.24, 2.45) is 5.92 Å². The summed E-state index contributed by atoms with van der Waals surface area (Å²) < 4.78 is 9.99. The van der Waals surface area contributed by atoms with E-state index in [1.165, 1.54) is 17.1 Å². The number of likely N-dealkylation sites (tertiary alicyclic amines) is 1. The van der Waals surface area contributed by atoms with Gasteiger partial charge in [-0.1, -0.05) is 30.3 Å². The SMILES string of the molecule is Cc1nscc1C(=O)N1C[C@H](c2ccccc2)[C@H]2COCC[C@H]21. The van der Waals surface area contributed by atoms with E-state index in [1.54, 1.807) is 0 Å². The molecule has 0 N–H and O–H groups in total. The number of ether oxygens (including phenoxy) is 1. The van der Waals surface area contributed by atoms with Gasteiger partial charge in [-0.2, -0.15) is 4.37 Å². The van der Waals surface area contributed by atoms with Crippen LogP contribution in [0, 0.1) is 12.8 Å². The quantitative estimate of drug-likeness (QED) is 0.851. The van der Waals surface area contributed by atoms with E-state index in [-0.39, 0.29) is 11.9 Å². The van der Waals surface area contributed by atoms with Gasteiger partial charge in [0, 0.05) is 36.4 Å². The average Bonchev–Trinajstić information content (AvgIpc) is 3.19. The molecule has 5 heteroatoms. The molecule has 4 rings (SSSR count). The van der Waals surface area contributed by atoms with Crippen molar-refractivity contribution in [3.05, 3.63) is 52.5 Å². The normalized spacial score (nSPS) is 27.0. The van der Waals surface area contributed by atoms with E-state index in [2.05, 4.69) is 33.5 Å². The van der Waals surface area contributed by atoms with E-state index >= 15 is 0 Å². The topological polar surface area (TPSA) is 42.4 Å². The van der Waals surface area contributed by atoms with Crippen molar-refractivity contribution < 1.29 is 9.53 Å². The van der Waals surface area contributed by atoms with E-state index < -0.39 is 0 Å². The van der Waals surface area contributed by atoms with Gasteiger partial charge in [-0.25, -0.2) is 0 Å². The van der Waals surface area contributed by atoms with Crippen molar-refractivity contribution >= 4 is 17.4 Å². The van der Waals surface area contributed by atoms with Crippen LogP contribution >= 0.6 is 11.5 Å². The lowest BCUT2D eigenvalue weighted by Gasteiger charge is -2.32. The molecular formula is C18H20N2O2S. The third kappa shape index (κ3) is 2.58. The molecule has 2 fully saturated rings. The van der Waals surface area contributed by atoms with Crippen LogP contribution in [0.1, 0.15) is 34.0 Å². The molecule has 1 aromatic carbocycles. The van der Waals surface area contributed by atoms with Gasteiger partial charge in [0.2, 0.25) is 0 Å². The number of rotatable bonds is 2. The second kappa shape index (κ2) is 6.06. The molecule has 0 radical (unpaired) electrons. The molecule has 120 valence electrons. The number of aryl methyl sites for hydroxylation is 1. The van der Waals surface area contributed by atoms with Gasteiger partial charge in [0.15, 0.2) is 0 Å². The second-order valence-electron chi connectivity index (χ2n) is 6.38. The predicted molar refractivity (Wildman–Crippen MR) is 89.8 cm³/mol. The molecule has 0 unspecified atom stereocenters. The first kappa shape index (κ1) is 14.8. The van der Waals surface area contributed by atoms with Crippen LogP contribution < -0.4 is 0 Å². The summed E-state index contributed by atoms with van der Waals surface area (Å²) in [6, 6.07) is 10.8. The number of carbonyl (C=O) groups is 1. The molecule has 2 aromatic rings. The number of nitrogens with zero attached hydrogens (tertiary/aromatic N) is 2. The number of aromatic nitrogens is 1. The Morgan fingerprint density at radius 1 is 1.35 bits per heavy atom. The molecule has 1 amide bonds. The number of carbonyl (C=O) groups excluding carboxylic acids is 1. The molecule has 2 aliphatic rings. The monoisotopic (exact) mass is 328 g/mol. The van der Waals surface area contributed by atoms with E-state index in [0.29, 0.717) is 11.8 Å². The van der Waals surface area contributed by atoms with Crippen molar-refractivity contribution in [2.75, 3.05) is 19.8 Å². The zero-order valence-electron chi connectivity index (χ0n) is 13.1. The number of fused-ring (bicyclic) bond motifs is 1. The summed E-state index contributed by atoms with van der Waals surface area (Å²) in [5.74, 6) is 0.880. The lowest BCUT2D eigenvalue weighted by atomic mass is 9.84. The molecule has 2 saturated heterocycles. The average molecular weight is 328 g/mol. The third-order valence-corrected chi connectivity index (χ3v) is 5.86. The molecule has 0 bridgehead atoms. The Kier molecular flexibility index (Phi) is 3.91. The minimum Gasteiger partial charge on any atom is -0.381 e. The number of benzene rings is 1. The first-order chi connectivity index (χ1) is 11.3. The molecule has 4 nitrogen and oxygen atoms in total. The first-order valence-corrected chi connectivity index (χ1v) is 8.94. The van der Waals surface area contributed by atoms with Gasteiger partial charge < -0.3 is 9.64 Å². The van der Waals surface area contributed by atoms with E-state index in [9.17, 15) is 4.79 Å². The Morgan fingerprint density at radius 2 is 2.17 bits per heavy atom. The summed E-state index contributed by atoms with van der Waals surface area (Å²) >= 11 is 1.36. The van der Waals surface area contributed by atoms with Crippen LogP contribution in [0.3, 0.4) is 0 Å². The maximum absolute atomic E-state index is 13.0. The van der Waals surface area contributed by atoms with Crippen molar-refractivity contribution in [1.82, 2.24) is 9.27 Å². The lowest BCUT2D eigenvalue weighted by molar-refractivity contribution is 0.0188. The van der Waals surface area contributed by atoms with Crippen molar-refractivity contribution in [3.8, 4) is 0 Å².